The number of hydrazone groups is 1. The average Bonchev–Trinajstić information content (AvgIpc) is 3.12. The van der Waals surface area contributed by atoms with Crippen molar-refractivity contribution in [2.75, 3.05) is 7.11 Å². The summed E-state index contributed by atoms with van der Waals surface area (Å²) in [5.74, 6) is 0.822. The zero-order chi connectivity index (χ0) is 19.8. The van der Waals surface area contributed by atoms with Crippen molar-refractivity contribution in [3.63, 3.8) is 0 Å². The maximum Gasteiger partial charge on any atom is 0.269 e. The first-order valence-electron chi connectivity index (χ1n) is 9.35. The van der Waals surface area contributed by atoms with Gasteiger partial charge in [-0.3, -0.25) is 14.9 Å². The van der Waals surface area contributed by atoms with Crippen LogP contribution in [0.5, 0.6) is 5.75 Å². The number of nitro benzene ring substituents is 1. The normalized spacial score (nSPS) is 20.2. The number of carbonyl (C=O) groups is 1. The van der Waals surface area contributed by atoms with E-state index in [9.17, 15) is 14.9 Å². The smallest absolute Gasteiger partial charge is 0.269 e. The quantitative estimate of drug-likeness (QED) is 0.596. The first-order chi connectivity index (χ1) is 13.5. The summed E-state index contributed by atoms with van der Waals surface area (Å²) in [4.78, 5) is 23.2. The molecule has 0 aromatic heterocycles. The molecule has 1 aliphatic carbocycles. The number of nitro groups is 1. The second-order valence-corrected chi connectivity index (χ2v) is 7.04. The Morgan fingerprint density at radius 2 is 2.04 bits per heavy atom. The fraction of sp³-hybridized carbons (Fsp3) is 0.333. The summed E-state index contributed by atoms with van der Waals surface area (Å²) in [6.45, 7) is 1.82. The summed E-state index contributed by atoms with van der Waals surface area (Å²) >= 11 is 0. The number of rotatable bonds is 4. The van der Waals surface area contributed by atoms with Gasteiger partial charge < -0.3 is 4.74 Å². The number of nitrogens with zero attached hydrogens (tertiary/aromatic N) is 3. The molecule has 2 aliphatic rings. The molecular formula is C21H21N3O4. The van der Waals surface area contributed by atoms with Gasteiger partial charge in [0.1, 0.15) is 5.75 Å². The van der Waals surface area contributed by atoms with E-state index in [-0.39, 0.29) is 23.6 Å². The monoisotopic (exact) mass is 379 g/mol. The summed E-state index contributed by atoms with van der Waals surface area (Å²) < 4.78 is 5.33. The SMILES string of the molecule is CCC(=O)N1N=C2c3ccc(OC)cc3CC[C@@H]2[C@@H]1c1ccc([N+](=O)[O-])cc1. The molecule has 0 unspecified atom stereocenters. The van der Waals surface area contributed by atoms with Crippen molar-refractivity contribution in [2.24, 2.45) is 11.0 Å². The Morgan fingerprint density at radius 3 is 2.68 bits per heavy atom. The van der Waals surface area contributed by atoms with Crippen molar-refractivity contribution in [2.45, 2.75) is 32.2 Å². The number of carbonyl (C=O) groups excluding carboxylic acids is 1. The Kier molecular flexibility index (Phi) is 4.58. The van der Waals surface area contributed by atoms with Crippen LogP contribution in [0.15, 0.2) is 47.6 Å². The van der Waals surface area contributed by atoms with Crippen molar-refractivity contribution in [1.82, 2.24) is 5.01 Å². The maximum atomic E-state index is 12.6. The van der Waals surface area contributed by atoms with E-state index in [2.05, 4.69) is 0 Å². The van der Waals surface area contributed by atoms with Gasteiger partial charge in [0.2, 0.25) is 5.91 Å². The number of hydrogen-bond donors (Lipinski definition) is 0. The van der Waals surface area contributed by atoms with E-state index in [1.807, 2.05) is 25.1 Å². The molecule has 28 heavy (non-hydrogen) atoms. The molecule has 2 aromatic carbocycles. The van der Waals surface area contributed by atoms with Crippen LogP contribution in [0.4, 0.5) is 5.69 Å². The predicted molar refractivity (Wildman–Crippen MR) is 104 cm³/mol. The van der Waals surface area contributed by atoms with Gasteiger partial charge in [-0.05, 0) is 42.2 Å². The number of ether oxygens (including phenoxy) is 1. The molecule has 0 radical (unpaired) electrons. The molecule has 1 amide bonds. The molecule has 0 spiro atoms. The highest BCUT2D eigenvalue weighted by molar-refractivity contribution is 6.07. The van der Waals surface area contributed by atoms with Gasteiger partial charge in [-0.15, -0.1) is 0 Å². The lowest BCUT2D eigenvalue weighted by molar-refractivity contribution is -0.384. The lowest BCUT2D eigenvalue weighted by Gasteiger charge is -2.29. The number of hydrogen-bond acceptors (Lipinski definition) is 5. The minimum Gasteiger partial charge on any atom is -0.497 e. The van der Waals surface area contributed by atoms with Gasteiger partial charge in [0, 0.05) is 30.0 Å². The van der Waals surface area contributed by atoms with E-state index in [0.717, 1.165) is 35.4 Å². The van der Waals surface area contributed by atoms with Gasteiger partial charge in [0.25, 0.3) is 5.69 Å². The highest BCUT2D eigenvalue weighted by Gasteiger charge is 2.43. The summed E-state index contributed by atoms with van der Waals surface area (Å²) in [5, 5.41) is 17.3. The minimum atomic E-state index is -0.417. The maximum absolute atomic E-state index is 12.6. The zero-order valence-electron chi connectivity index (χ0n) is 15.8. The Balaban J connectivity index is 1.75. The van der Waals surface area contributed by atoms with E-state index in [1.165, 1.54) is 17.7 Å². The second kappa shape index (κ2) is 7.07. The van der Waals surface area contributed by atoms with E-state index in [0.29, 0.717) is 6.42 Å². The molecule has 1 aliphatic heterocycles. The van der Waals surface area contributed by atoms with Crippen molar-refractivity contribution in [3.8, 4) is 5.75 Å². The first kappa shape index (κ1) is 18.2. The predicted octanol–water partition coefficient (Wildman–Crippen LogP) is 3.86. The van der Waals surface area contributed by atoms with Crippen LogP contribution in [0.3, 0.4) is 0 Å². The van der Waals surface area contributed by atoms with E-state index in [1.54, 1.807) is 24.3 Å². The molecule has 0 saturated carbocycles. The second-order valence-electron chi connectivity index (χ2n) is 7.04. The van der Waals surface area contributed by atoms with E-state index in [4.69, 9.17) is 9.84 Å². The molecule has 144 valence electrons. The van der Waals surface area contributed by atoms with Crippen molar-refractivity contribution >= 4 is 17.3 Å². The molecule has 2 aromatic rings. The molecular weight excluding hydrogens is 358 g/mol. The molecule has 0 N–H and O–H groups in total. The van der Waals surface area contributed by atoms with Gasteiger partial charge in [-0.25, -0.2) is 5.01 Å². The molecule has 4 rings (SSSR count). The Bertz CT molecular complexity index is 968. The number of benzene rings is 2. The van der Waals surface area contributed by atoms with Gasteiger partial charge in [-0.1, -0.05) is 19.1 Å². The largest absolute Gasteiger partial charge is 0.497 e. The number of fused-ring (bicyclic) bond motifs is 3. The molecule has 0 fully saturated rings. The molecule has 7 heteroatoms. The number of methoxy groups -OCH3 is 1. The minimum absolute atomic E-state index is 0.0392. The molecule has 1 heterocycles. The lowest BCUT2D eigenvalue weighted by Crippen LogP contribution is -2.31. The van der Waals surface area contributed by atoms with Crippen molar-refractivity contribution in [1.29, 1.82) is 0 Å². The highest BCUT2D eigenvalue weighted by atomic mass is 16.6. The van der Waals surface area contributed by atoms with Gasteiger partial charge in [0.15, 0.2) is 0 Å². The average molecular weight is 379 g/mol. The van der Waals surface area contributed by atoms with E-state index >= 15 is 0 Å². The van der Waals surface area contributed by atoms with Crippen molar-refractivity contribution in [3.05, 3.63) is 69.3 Å². The topological polar surface area (TPSA) is 85.0 Å². The highest BCUT2D eigenvalue weighted by Crippen LogP contribution is 2.44. The van der Waals surface area contributed by atoms with Crippen LogP contribution in [0, 0.1) is 16.0 Å². The van der Waals surface area contributed by atoms with Crippen molar-refractivity contribution < 1.29 is 14.5 Å². The fourth-order valence-electron chi connectivity index (χ4n) is 4.13. The van der Waals surface area contributed by atoms with Gasteiger partial charge in [-0.2, -0.15) is 5.10 Å². The Hall–Kier alpha value is -3.22. The van der Waals surface area contributed by atoms with Crippen LogP contribution in [0.2, 0.25) is 0 Å². The summed E-state index contributed by atoms with van der Waals surface area (Å²) in [6, 6.07) is 12.2. The van der Waals surface area contributed by atoms with Crippen LogP contribution in [0.25, 0.3) is 0 Å². The van der Waals surface area contributed by atoms with E-state index < -0.39 is 4.92 Å². The Labute approximate surface area is 162 Å². The number of amides is 1. The summed E-state index contributed by atoms with van der Waals surface area (Å²) in [5.41, 5.74) is 4.04. The van der Waals surface area contributed by atoms with Crippen LogP contribution in [0.1, 0.15) is 42.5 Å². The summed E-state index contributed by atoms with van der Waals surface area (Å²) in [7, 11) is 1.65. The Morgan fingerprint density at radius 1 is 1.29 bits per heavy atom. The van der Waals surface area contributed by atoms with Gasteiger partial charge >= 0.3 is 0 Å². The van der Waals surface area contributed by atoms with Gasteiger partial charge in [0.05, 0.1) is 23.8 Å². The van der Waals surface area contributed by atoms with Crippen LogP contribution < -0.4 is 4.74 Å². The third-order valence-corrected chi connectivity index (χ3v) is 5.53. The fourth-order valence-corrected chi connectivity index (χ4v) is 4.13. The zero-order valence-corrected chi connectivity index (χ0v) is 15.8. The molecule has 0 saturated heterocycles. The number of aryl methyl sites for hydroxylation is 1. The van der Waals surface area contributed by atoms with Crippen LogP contribution in [-0.4, -0.2) is 28.7 Å². The van der Waals surface area contributed by atoms with Crippen LogP contribution >= 0.6 is 0 Å². The lowest BCUT2D eigenvalue weighted by atomic mass is 9.77. The van der Waals surface area contributed by atoms with Crippen LogP contribution in [-0.2, 0) is 11.2 Å². The first-order valence-corrected chi connectivity index (χ1v) is 9.35. The third kappa shape index (κ3) is 2.93. The molecule has 0 bridgehead atoms. The molecule has 7 nitrogen and oxygen atoms in total. The molecule has 2 atom stereocenters. The third-order valence-electron chi connectivity index (χ3n) is 5.53. The standard InChI is InChI=1S/C21H21N3O4/c1-3-19(25)23-21(13-4-7-15(8-5-13)24(26)27)18-10-6-14-12-16(28-2)9-11-17(14)20(18)22-23/h4-5,7-9,11-12,18,21H,3,6,10H2,1-2H3/t18-,21-/m0/s1. The summed E-state index contributed by atoms with van der Waals surface area (Å²) in [6.07, 6.45) is 2.07. The number of non-ortho nitro benzene ring substituents is 1.